The predicted octanol–water partition coefficient (Wildman–Crippen LogP) is 3.85. The summed E-state index contributed by atoms with van der Waals surface area (Å²) in [4.78, 5) is 3.91. The molecule has 3 nitrogen and oxygen atoms in total. The maximum atomic E-state index is 5.87. The van der Waals surface area contributed by atoms with Crippen molar-refractivity contribution in [3.05, 3.63) is 21.3 Å². The summed E-state index contributed by atoms with van der Waals surface area (Å²) >= 11 is 17.3. The Morgan fingerprint density at radius 3 is 2.50 bits per heavy atom. The van der Waals surface area contributed by atoms with Gasteiger partial charge < -0.3 is 9.47 Å². The van der Waals surface area contributed by atoms with Gasteiger partial charge in [-0.15, -0.1) is 0 Å². The molecule has 0 aliphatic carbocycles. The van der Waals surface area contributed by atoms with Gasteiger partial charge in [0.1, 0.15) is 11.6 Å². The van der Waals surface area contributed by atoms with Crippen molar-refractivity contribution < 1.29 is 9.47 Å². The predicted molar refractivity (Wildman–Crippen MR) is 65.9 cm³/mol. The van der Waals surface area contributed by atoms with E-state index in [1.54, 1.807) is 0 Å². The third-order valence-corrected chi connectivity index (χ3v) is 2.57. The van der Waals surface area contributed by atoms with Crippen LogP contribution in [0.2, 0.25) is 15.2 Å². The zero-order chi connectivity index (χ0) is 12.1. The molecule has 0 saturated carbocycles. The second kappa shape index (κ2) is 6.50. The average molecular weight is 285 g/mol. The van der Waals surface area contributed by atoms with E-state index < -0.39 is 0 Å². The summed E-state index contributed by atoms with van der Waals surface area (Å²) in [7, 11) is 0. The van der Waals surface area contributed by atoms with Crippen molar-refractivity contribution in [3.8, 4) is 5.88 Å². The molecule has 0 N–H and O–H groups in total. The van der Waals surface area contributed by atoms with Gasteiger partial charge in [0.15, 0.2) is 5.15 Å². The first-order valence-corrected chi connectivity index (χ1v) is 5.90. The highest BCUT2D eigenvalue weighted by atomic mass is 35.5. The van der Waals surface area contributed by atoms with Gasteiger partial charge in [0.2, 0.25) is 5.88 Å². The normalized spacial score (nSPS) is 10.9. The van der Waals surface area contributed by atoms with Gasteiger partial charge in [0.05, 0.1) is 17.7 Å². The van der Waals surface area contributed by atoms with Crippen molar-refractivity contribution >= 4 is 34.8 Å². The molecule has 6 heteroatoms. The lowest BCUT2D eigenvalue weighted by Crippen LogP contribution is -2.12. The van der Waals surface area contributed by atoms with E-state index in [0.717, 1.165) is 0 Å². The van der Waals surface area contributed by atoms with Crippen LogP contribution in [0.4, 0.5) is 0 Å². The largest absolute Gasteiger partial charge is 0.474 e. The van der Waals surface area contributed by atoms with E-state index in [4.69, 9.17) is 44.3 Å². The Bertz CT molecular complexity index is 358. The Hall–Kier alpha value is -0.220. The molecule has 1 aromatic heterocycles. The van der Waals surface area contributed by atoms with Gasteiger partial charge in [0.25, 0.3) is 0 Å². The fourth-order valence-electron chi connectivity index (χ4n) is 0.952. The SMILES string of the molecule is CC(C)OCCOc1nc(Cl)c(Cl)cc1Cl. The Morgan fingerprint density at radius 1 is 1.19 bits per heavy atom. The summed E-state index contributed by atoms with van der Waals surface area (Å²) in [6.45, 7) is 4.73. The summed E-state index contributed by atoms with van der Waals surface area (Å²) < 4.78 is 10.6. The molecular formula is C10H12Cl3NO2. The van der Waals surface area contributed by atoms with Crippen LogP contribution in [-0.4, -0.2) is 24.3 Å². The third-order valence-electron chi connectivity index (χ3n) is 1.63. The minimum absolute atomic E-state index is 0.167. The van der Waals surface area contributed by atoms with Gasteiger partial charge in [0, 0.05) is 0 Å². The molecule has 16 heavy (non-hydrogen) atoms. The molecule has 0 aromatic carbocycles. The fourth-order valence-corrected chi connectivity index (χ4v) is 1.50. The first-order chi connectivity index (χ1) is 7.50. The quantitative estimate of drug-likeness (QED) is 0.608. The molecule has 1 heterocycles. The Balaban J connectivity index is 2.51. The van der Waals surface area contributed by atoms with Crippen LogP contribution in [0.1, 0.15) is 13.8 Å². The molecule has 0 radical (unpaired) electrons. The van der Waals surface area contributed by atoms with E-state index in [1.807, 2.05) is 13.8 Å². The highest BCUT2D eigenvalue weighted by Gasteiger charge is 2.08. The monoisotopic (exact) mass is 283 g/mol. The van der Waals surface area contributed by atoms with Gasteiger partial charge in [-0.2, -0.15) is 4.98 Å². The molecule has 0 fully saturated rings. The van der Waals surface area contributed by atoms with Gasteiger partial charge in [-0.25, -0.2) is 0 Å². The first kappa shape index (κ1) is 13.8. The number of rotatable bonds is 5. The van der Waals surface area contributed by atoms with Crippen LogP contribution in [0.25, 0.3) is 0 Å². The number of halogens is 3. The van der Waals surface area contributed by atoms with E-state index in [1.165, 1.54) is 6.07 Å². The molecule has 0 spiro atoms. The first-order valence-electron chi connectivity index (χ1n) is 4.76. The molecule has 90 valence electrons. The lowest BCUT2D eigenvalue weighted by Gasteiger charge is -2.10. The van der Waals surface area contributed by atoms with Crippen molar-refractivity contribution in [1.82, 2.24) is 4.98 Å². The topological polar surface area (TPSA) is 31.4 Å². The second-order valence-corrected chi connectivity index (χ2v) is 4.49. The van der Waals surface area contributed by atoms with Crippen molar-refractivity contribution in [2.24, 2.45) is 0 Å². The molecule has 0 amide bonds. The van der Waals surface area contributed by atoms with Crippen molar-refractivity contribution in [2.45, 2.75) is 20.0 Å². The number of ether oxygens (including phenoxy) is 2. The lowest BCUT2D eigenvalue weighted by atomic mass is 10.5. The number of hydrogen-bond donors (Lipinski definition) is 0. The number of nitrogens with zero attached hydrogens (tertiary/aromatic N) is 1. The number of pyridine rings is 1. The molecule has 0 atom stereocenters. The van der Waals surface area contributed by atoms with Crippen LogP contribution >= 0.6 is 34.8 Å². The van der Waals surface area contributed by atoms with Crippen LogP contribution in [0.15, 0.2) is 6.07 Å². The maximum Gasteiger partial charge on any atom is 0.234 e. The van der Waals surface area contributed by atoms with Gasteiger partial charge in [-0.05, 0) is 19.9 Å². The van der Waals surface area contributed by atoms with Crippen molar-refractivity contribution in [1.29, 1.82) is 0 Å². The second-order valence-electron chi connectivity index (χ2n) is 3.32. The molecule has 0 unspecified atom stereocenters. The third kappa shape index (κ3) is 4.34. The summed E-state index contributed by atoms with van der Waals surface area (Å²) in [6.07, 6.45) is 0.167. The van der Waals surface area contributed by atoms with E-state index in [2.05, 4.69) is 4.98 Å². The summed E-state index contributed by atoms with van der Waals surface area (Å²) in [5.41, 5.74) is 0. The Morgan fingerprint density at radius 2 is 1.88 bits per heavy atom. The molecular weight excluding hydrogens is 272 g/mol. The fraction of sp³-hybridized carbons (Fsp3) is 0.500. The van der Waals surface area contributed by atoms with E-state index >= 15 is 0 Å². The zero-order valence-corrected chi connectivity index (χ0v) is 11.2. The molecule has 0 bridgehead atoms. The Kier molecular flexibility index (Phi) is 5.62. The molecule has 1 aromatic rings. The molecule has 0 saturated heterocycles. The van der Waals surface area contributed by atoms with E-state index in [9.17, 15) is 0 Å². The van der Waals surface area contributed by atoms with Crippen molar-refractivity contribution in [2.75, 3.05) is 13.2 Å². The summed E-state index contributed by atoms with van der Waals surface area (Å²) in [6, 6.07) is 1.50. The zero-order valence-electron chi connectivity index (χ0n) is 8.97. The van der Waals surface area contributed by atoms with Crippen LogP contribution in [0, 0.1) is 0 Å². The van der Waals surface area contributed by atoms with Crippen LogP contribution in [0.3, 0.4) is 0 Å². The lowest BCUT2D eigenvalue weighted by molar-refractivity contribution is 0.0543. The summed E-state index contributed by atoms with van der Waals surface area (Å²) in [5, 5.41) is 0.808. The smallest absolute Gasteiger partial charge is 0.234 e. The van der Waals surface area contributed by atoms with Gasteiger partial charge in [-0.3, -0.25) is 0 Å². The van der Waals surface area contributed by atoms with Gasteiger partial charge >= 0.3 is 0 Å². The highest BCUT2D eigenvalue weighted by molar-refractivity contribution is 6.42. The number of aromatic nitrogens is 1. The molecule has 1 rings (SSSR count). The van der Waals surface area contributed by atoms with E-state index in [-0.39, 0.29) is 17.1 Å². The van der Waals surface area contributed by atoms with Gasteiger partial charge in [-0.1, -0.05) is 34.8 Å². The van der Waals surface area contributed by atoms with Crippen LogP contribution < -0.4 is 4.74 Å². The number of hydrogen-bond acceptors (Lipinski definition) is 3. The highest BCUT2D eigenvalue weighted by Crippen LogP contribution is 2.30. The Labute approximate surface area is 110 Å². The molecule has 0 aliphatic heterocycles. The minimum atomic E-state index is 0.167. The average Bonchev–Trinajstić information content (AvgIpc) is 2.19. The minimum Gasteiger partial charge on any atom is -0.474 e. The standard InChI is InChI=1S/C10H12Cl3NO2/c1-6(2)15-3-4-16-10-8(12)5-7(11)9(13)14-10/h5-6H,3-4H2,1-2H3. The maximum absolute atomic E-state index is 5.87. The molecule has 0 aliphatic rings. The van der Waals surface area contributed by atoms with E-state index in [0.29, 0.717) is 23.3 Å². The van der Waals surface area contributed by atoms with Crippen molar-refractivity contribution in [3.63, 3.8) is 0 Å². The van der Waals surface area contributed by atoms with Crippen LogP contribution in [0.5, 0.6) is 5.88 Å². The van der Waals surface area contributed by atoms with Crippen LogP contribution in [-0.2, 0) is 4.74 Å². The summed E-state index contributed by atoms with van der Waals surface area (Å²) in [5.74, 6) is 0.267.